The summed E-state index contributed by atoms with van der Waals surface area (Å²) in [6.07, 6.45) is 0. The Morgan fingerprint density at radius 3 is 0.800 bits per heavy atom. The Hall–Kier alpha value is 0.866. The number of hydrogen-bond acceptors (Lipinski definition) is 6. The van der Waals surface area contributed by atoms with Crippen molar-refractivity contribution in [2.24, 2.45) is 0 Å². The third kappa shape index (κ3) is 731. The molecule has 0 bridgehead atoms. The fourth-order valence-electron chi connectivity index (χ4n) is 0. The fourth-order valence-corrected chi connectivity index (χ4v) is 0. The molecule has 0 amide bonds. The van der Waals surface area contributed by atoms with Gasteiger partial charge in [0.05, 0.1) is 0 Å². The second-order valence-electron chi connectivity index (χ2n) is 0.408. The van der Waals surface area contributed by atoms with Crippen molar-refractivity contribution < 1.29 is 32.1 Å². The molecule has 0 unspecified atom stereocenters. The zero-order valence-electron chi connectivity index (χ0n) is 4.38. The van der Waals surface area contributed by atoms with Gasteiger partial charge in [0.1, 0.15) is 0 Å². The zero-order chi connectivity index (χ0) is 7.15. The topological polar surface area (TPSA) is 155 Å². The second kappa shape index (κ2) is 16.5. The predicted molar refractivity (Wildman–Crippen MR) is 25.8 cm³/mol. The molecule has 0 spiro atoms. The maximum absolute atomic E-state index is 8.44. The van der Waals surface area contributed by atoms with Crippen LogP contribution in [-0.2, 0) is 28.2 Å². The third-order valence-corrected chi connectivity index (χ3v) is 0. The molecule has 56 valence electrons. The number of rotatable bonds is 0. The van der Waals surface area contributed by atoms with Gasteiger partial charge in [-0.25, -0.2) is 0 Å². The van der Waals surface area contributed by atoms with Gasteiger partial charge >= 0.3 is 28.5 Å². The molecule has 0 aromatic heterocycles. The van der Waals surface area contributed by atoms with E-state index in [0.717, 1.165) is 0 Å². The van der Waals surface area contributed by atoms with E-state index in [0.29, 0.717) is 0 Å². The average molecular weight is 200 g/mol. The monoisotopic (exact) mass is 200 g/mol. The summed E-state index contributed by atoms with van der Waals surface area (Å²) < 4.78 is 50.7. The van der Waals surface area contributed by atoms with Crippen LogP contribution in [0.1, 0.15) is 0 Å². The summed E-state index contributed by atoms with van der Waals surface area (Å²) in [6, 6.07) is 0. The molecule has 4 radical (unpaired) electrons. The van der Waals surface area contributed by atoms with Gasteiger partial charge in [-0.2, -0.15) is 0 Å². The van der Waals surface area contributed by atoms with E-state index in [-0.39, 0.29) is 28.5 Å². The van der Waals surface area contributed by atoms with Gasteiger partial charge in [-0.3, -0.25) is 8.42 Å². The second-order valence-corrected chi connectivity index (χ2v) is 1.22. The molecule has 0 saturated carbocycles. The van der Waals surface area contributed by atoms with E-state index in [4.69, 9.17) is 26.6 Å². The van der Waals surface area contributed by atoms with Crippen LogP contribution in [0.4, 0.5) is 0 Å². The van der Waals surface area contributed by atoms with Crippen LogP contribution in [-0.4, -0.2) is 49.7 Å². The first kappa shape index (κ1) is 22.4. The molecule has 0 atom stereocenters. The van der Waals surface area contributed by atoms with E-state index in [1.807, 2.05) is 0 Å². The molecule has 0 aliphatic rings. The Labute approximate surface area is 77.9 Å². The first-order valence-electron chi connectivity index (χ1n) is 1.00. The van der Waals surface area contributed by atoms with Crippen molar-refractivity contribution in [3.63, 3.8) is 0 Å². The van der Waals surface area contributed by atoms with Crippen molar-refractivity contribution in [3.05, 3.63) is 0 Å². The van der Waals surface area contributed by atoms with Crippen LogP contribution in [0.25, 0.3) is 0 Å². The largest absolute Gasteiger partial charge is 2.00 e. The Morgan fingerprint density at radius 2 is 0.800 bits per heavy atom. The normalized spacial score (nSPS) is 7.00. The molecule has 0 heterocycles. The van der Waals surface area contributed by atoms with Crippen LogP contribution in [0.5, 0.6) is 0 Å². The third-order valence-electron chi connectivity index (χ3n) is 0. The first-order valence-corrected chi connectivity index (χ1v) is 3.00. The van der Waals surface area contributed by atoms with E-state index >= 15 is 0 Å². The van der Waals surface area contributed by atoms with Crippen molar-refractivity contribution in [2.75, 3.05) is 0 Å². The Balaban J connectivity index is -0.0000000300. The standard InChI is InChI=1S/Mg.2H2O3S.O/c;2*1-4(2)3;/h;2*(H2,1,2,3);/q+2;;;+2/p-4. The molecular formula is MgO7S2. The molecular weight excluding hydrogens is 200 g/mol. The van der Waals surface area contributed by atoms with Gasteiger partial charge in [0.15, 0.2) is 0 Å². The fraction of sp³-hybridized carbons (Fsp3) is 0. The van der Waals surface area contributed by atoms with Crippen LogP contribution < -0.4 is 0 Å². The molecule has 7 nitrogen and oxygen atoms in total. The van der Waals surface area contributed by atoms with Crippen molar-refractivity contribution in [1.29, 1.82) is 0 Å². The molecule has 0 N–H and O–H groups in total. The smallest absolute Gasteiger partial charge is 0.784 e. The van der Waals surface area contributed by atoms with Crippen LogP contribution in [0.15, 0.2) is 0 Å². The molecule has 10 heteroatoms. The van der Waals surface area contributed by atoms with Gasteiger partial charge in [0, 0.05) is 0 Å². The van der Waals surface area contributed by atoms with Crippen LogP contribution in [0.3, 0.4) is 0 Å². The van der Waals surface area contributed by atoms with Gasteiger partial charge in [0.2, 0.25) is 0 Å². The summed E-state index contributed by atoms with van der Waals surface area (Å²) in [7, 11) is 0. The molecule has 0 rings (SSSR count). The minimum atomic E-state index is -3.11. The summed E-state index contributed by atoms with van der Waals surface area (Å²) in [5, 5.41) is 0. The zero-order valence-corrected chi connectivity index (χ0v) is 7.43. The van der Waals surface area contributed by atoms with E-state index in [2.05, 4.69) is 0 Å². The van der Waals surface area contributed by atoms with Gasteiger partial charge < -0.3 is 18.2 Å². The minimum Gasteiger partial charge on any atom is -0.784 e. The van der Waals surface area contributed by atoms with E-state index in [1.165, 1.54) is 0 Å². The van der Waals surface area contributed by atoms with Gasteiger partial charge in [-0.05, 0) is 0 Å². The van der Waals surface area contributed by atoms with Crippen LogP contribution in [0.2, 0.25) is 0 Å². The molecule has 0 saturated heterocycles. The molecule has 0 fully saturated rings. The maximum atomic E-state index is 8.44. The summed E-state index contributed by atoms with van der Waals surface area (Å²) in [5.74, 6) is 0. The van der Waals surface area contributed by atoms with E-state index in [9.17, 15) is 0 Å². The SMILES string of the molecule is O=S([O-])[O-].O=S([O-])[O-].[Mg+2].[O+2]. The summed E-state index contributed by atoms with van der Waals surface area (Å²) in [4.78, 5) is 0. The molecule has 0 aliphatic carbocycles. The van der Waals surface area contributed by atoms with Gasteiger partial charge in [-0.15, -0.1) is 22.7 Å². The van der Waals surface area contributed by atoms with E-state index in [1.54, 1.807) is 0 Å². The minimum absolute atomic E-state index is 0. The first-order chi connectivity index (χ1) is 3.46. The molecule has 0 aromatic rings. The summed E-state index contributed by atoms with van der Waals surface area (Å²) in [5.41, 5.74) is 0. The van der Waals surface area contributed by atoms with Crippen LogP contribution >= 0.6 is 0 Å². The van der Waals surface area contributed by atoms with Crippen LogP contribution in [0, 0.1) is 0 Å². The molecule has 0 aromatic carbocycles. The molecule has 0 aliphatic heterocycles. The maximum Gasteiger partial charge on any atom is 2.00 e. The quantitative estimate of drug-likeness (QED) is 0.310. The predicted octanol–water partition coefficient (Wildman–Crippen LogP) is -2.51. The van der Waals surface area contributed by atoms with Crippen molar-refractivity contribution in [2.45, 2.75) is 0 Å². The van der Waals surface area contributed by atoms with Crippen molar-refractivity contribution >= 4 is 45.8 Å². The Bertz CT molecular complexity index is 69.6. The van der Waals surface area contributed by atoms with Crippen molar-refractivity contribution in [1.82, 2.24) is 0 Å². The van der Waals surface area contributed by atoms with Gasteiger partial charge in [0.25, 0.3) is 0 Å². The Morgan fingerprint density at radius 1 is 0.800 bits per heavy atom. The van der Waals surface area contributed by atoms with Crippen molar-refractivity contribution in [3.8, 4) is 0 Å². The molecule has 10 heavy (non-hydrogen) atoms. The summed E-state index contributed by atoms with van der Waals surface area (Å²) >= 11 is -6.22. The van der Waals surface area contributed by atoms with E-state index < -0.39 is 22.7 Å². The summed E-state index contributed by atoms with van der Waals surface area (Å²) in [6.45, 7) is 0. The Kier molecular flexibility index (Phi) is 36.9. The average Bonchev–Trinajstić information content (AvgIpc) is 1.25. The van der Waals surface area contributed by atoms with Gasteiger partial charge in [-0.1, -0.05) is 0 Å². The number of hydrogen-bond donors (Lipinski definition) is 0.